The van der Waals surface area contributed by atoms with E-state index in [0.29, 0.717) is 18.2 Å². The number of nitrogens with one attached hydrogen (secondary N) is 1. The molecule has 0 spiro atoms. The van der Waals surface area contributed by atoms with Gasteiger partial charge in [0.25, 0.3) is 5.88 Å². The Morgan fingerprint density at radius 2 is 2.22 bits per heavy atom. The van der Waals surface area contributed by atoms with Gasteiger partial charge in [0.05, 0.1) is 13.2 Å². The SMILES string of the molecule is COc1ncc(C(C)Cn2cc[nH]c2=O)cc1OC1CCCC1. The highest BCUT2D eigenvalue weighted by molar-refractivity contribution is 5.37. The number of H-pyrrole nitrogens is 1. The van der Waals surface area contributed by atoms with Gasteiger partial charge in [0.15, 0.2) is 5.75 Å². The molecule has 1 atom stereocenters. The molecule has 1 N–H and O–H groups in total. The lowest BCUT2D eigenvalue weighted by Crippen LogP contribution is -2.19. The summed E-state index contributed by atoms with van der Waals surface area (Å²) in [5, 5.41) is 0. The molecule has 2 aromatic rings. The van der Waals surface area contributed by atoms with E-state index in [0.717, 1.165) is 18.4 Å². The number of nitrogens with zero attached hydrogens (tertiary/aromatic N) is 2. The Balaban J connectivity index is 1.78. The van der Waals surface area contributed by atoms with Gasteiger partial charge in [0.2, 0.25) is 0 Å². The highest BCUT2D eigenvalue weighted by Crippen LogP contribution is 2.32. The molecule has 0 saturated heterocycles. The van der Waals surface area contributed by atoms with Crippen LogP contribution in [0.1, 0.15) is 44.1 Å². The Kier molecular flexibility index (Phi) is 4.69. The molecule has 1 aliphatic carbocycles. The average molecular weight is 317 g/mol. The third kappa shape index (κ3) is 3.57. The molecule has 0 aliphatic heterocycles. The maximum atomic E-state index is 11.6. The average Bonchev–Trinajstić information content (AvgIpc) is 3.20. The number of imidazole rings is 1. The van der Waals surface area contributed by atoms with Crippen molar-refractivity contribution < 1.29 is 9.47 Å². The smallest absolute Gasteiger partial charge is 0.325 e. The van der Waals surface area contributed by atoms with E-state index in [4.69, 9.17) is 9.47 Å². The fourth-order valence-corrected chi connectivity index (χ4v) is 3.03. The summed E-state index contributed by atoms with van der Waals surface area (Å²) in [5.41, 5.74) is 0.938. The van der Waals surface area contributed by atoms with Crippen LogP contribution in [-0.2, 0) is 6.54 Å². The molecule has 0 amide bonds. The Morgan fingerprint density at radius 3 is 2.87 bits per heavy atom. The minimum atomic E-state index is -0.0965. The molecule has 1 aliphatic rings. The second-order valence-electron chi connectivity index (χ2n) is 6.12. The molecule has 2 aromatic heterocycles. The third-order valence-corrected chi connectivity index (χ3v) is 4.39. The van der Waals surface area contributed by atoms with Gasteiger partial charge in [-0.2, -0.15) is 0 Å². The number of rotatable bonds is 6. The van der Waals surface area contributed by atoms with Crippen molar-refractivity contribution in [2.75, 3.05) is 7.11 Å². The monoisotopic (exact) mass is 317 g/mol. The molecule has 0 radical (unpaired) electrons. The minimum Gasteiger partial charge on any atom is -0.485 e. The molecule has 6 heteroatoms. The van der Waals surface area contributed by atoms with Crippen molar-refractivity contribution in [1.29, 1.82) is 0 Å². The lowest BCUT2D eigenvalue weighted by atomic mass is 10.0. The normalized spacial score (nSPS) is 16.4. The predicted octanol–water partition coefficient (Wildman–Crippen LogP) is 2.71. The van der Waals surface area contributed by atoms with E-state index in [2.05, 4.69) is 16.9 Å². The first-order valence-corrected chi connectivity index (χ1v) is 8.11. The molecule has 1 saturated carbocycles. The van der Waals surface area contributed by atoms with Crippen LogP contribution < -0.4 is 15.2 Å². The van der Waals surface area contributed by atoms with Gasteiger partial charge in [-0.1, -0.05) is 6.92 Å². The summed E-state index contributed by atoms with van der Waals surface area (Å²) in [4.78, 5) is 18.7. The zero-order chi connectivity index (χ0) is 16.2. The Morgan fingerprint density at radius 1 is 1.43 bits per heavy atom. The van der Waals surface area contributed by atoms with Crippen molar-refractivity contribution >= 4 is 0 Å². The highest BCUT2D eigenvalue weighted by Gasteiger charge is 2.20. The van der Waals surface area contributed by atoms with Crippen LogP contribution in [0.2, 0.25) is 0 Å². The Hall–Kier alpha value is -2.24. The van der Waals surface area contributed by atoms with Gasteiger partial charge in [-0.3, -0.25) is 4.57 Å². The van der Waals surface area contributed by atoms with Crippen molar-refractivity contribution in [3.05, 3.63) is 40.7 Å². The molecular weight excluding hydrogens is 294 g/mol. The highest BCUT2D eigenvalue weighted by atomic mass is 16.5. The van der Waals surface area contributed by atoms with Gasteiger partial charge in [-0.05, 0) is 37.3 Å². The van der Waals surface area contributed by atoms with E-state index in [1.807, 2.05) is 6.07 Å². The largest absolute Gasteiger partial charge is 0.485 e. The van der Waals surface area contributed by atoms with E-state index >= 15 is 0 Å². The molecule has 0 aromatic carbocycles. The summed E-state index contributed by atoms with van der Waals surface area (Å²) in [5.74, 6) is 1.37. The van der Waals surface area contributed by atoms with Crippen LogP contribution in [0.25, 0.3) is 0 Å². The van der Waals surface area contributed by atoms with Gasteiger partial charge >= 0.3 is 5.69 Å². The number of aromatic nitrogens is 3. The Bertz CT molecular complexity index is 701. The zero-order valence-electron chi connectivity index (χ0n) is 13.6. The number of ether oxygens (including phenoxy) is 2. The molecule has 2 heterocycles. The summed E-state index contributed by atoms with van der Waals surface area (Å²) in [7, 11) is 1.60. The summed E-state index contributed by atoms with van der Waals surface area (Å²) >= 11 is 0. The first-order valence-electron chi connectivity index (χ1n) is 8.11. The number of hydrogen-bond donors (Lipinski definition) is 1. The summed E-state index contributed by atoms with van der Waals surface area (Å²) in [6.45, 7) is 2.67. The van der Waals surface area contributed by atoms with E-state index < -0.39 is 0 Å². The fourth-order valence-electron chi connectivity index (χ4n) is 3.03. The second-order valence-corrected chi connectivity index (χ2v) is 6.12. The maximum absolute atomic E-state index is 11.6. The van der Waals surface area contributed by atoms with E-state index in [-0.39, 0.29) is 17.7 Å². The summed E-state index contributed by atoms with van der Waals surface area (Å²) in [6.07, 6.45) is 10.1. The van der Waals surface area contributed by atoms with E-state index in [1.54, 1.807) is 30.3 Å². The van der Waals surface area contributed by atoms with Crippen molar-refractivity contribution in [3.8, 4) is 11.6 Å². The van der Waals surface area contributed by atoms with Crippen molar-refractivity contribution in [3.63, 3.8) is 0 Å². The summed E-state index contributed by atoms with van der Waals surface area (Å²) < 4.78 is 13.1. The number of pyridine rings is 1. The minimum absolute atomic E-state index is 0.0965. The quantitative estimate of drug-likeness (QED) is 0.889. The molecular formula is C17H23N3O3. The van der Waals surface area contributed by atoms with Crippen LogP contribution in [-0.4, -0.2) is 27.7 Å². The third-order valence-electron chi connectivity index (χ3n) is 4.39. The zero-order valence-corrected chi connectivity index (χ0v) is 13.6. The lowest BCUT2D eigenvalue weighted by molar-refractivity contribution is 0.198. The predicted molar refractivity (Wildman–Crippen MR) is 87.1 cm³/mol. The number of methoxy groups -OCH3 is 1. The molecule has 0 bridgehead atoms. The first-order chi connectivity index (χ1) is 11.2. The number of hydrogen-bond acceptors (Lipinski definition) is 4. The molecule has 124 valence electrons. The second kappa shape index (κ2) is 6.89. The van der Waals surface area contributed by atoms with Crippen molar-refractivity contribution in [1.82, 2.24) is 14.5 Å². The molecule has 3 rings (SSSR count). The van der Waals surface area contributed by atoms with Crippen LogP contribution in [0.5, 0.6) is 11.6 Å². The van der Waals surface area contributed by atoms with Crippen LogP contribution in [0.4, 0.5) is 0 Å². The van der Waals surface area contributed by atoms with Crippen LogP contribution >= 0.6 is 0 Å². The van der Waals surface area contributed by atoms with Gasteiger partial charge in [0, 0.05) is 31.1 Å². The van der Waals surface area contributed by atoms with Gasteiger partial charge < -0.3 is 14.5 Å². The van der Waals surface area contributed by atoms with Crippen LogP contribution in [0.3, 0.4) is 0 Å². The van der Waals surface area contributed by atoms with E-state index in [9.17, 15) is 4.79 Å². The van der Waals surface area contributed by atoms with Crippen molar-refractivity contribution in [2.24, 2.45) is 0 Å². The van der Waals surface area contributed by atoms with E-state index in [1.165, 1.54) is 12.8 Å². The fraction of sp³-hybridized carbons (Fsp3) is 0.529. The topological polar surface area (TPSA) is 69.1 Å². The maximum Gasteiger partial charge on any atom is 0.325 e. The number of aromatic amines is 1. The molecule has 23 heavy (non-hydrogen) atoms. The lowest BCUT2D eigenvalue weighted by Gasteiger charge is -2.18. The standard InChI is InChI=1S/C17H23N3O3/c1-12(11-20-8-7-18-17(20)21)13-9-15(16(22-2)19-10-13)23-14-5-3-4-6-14/h7-10,12,14H,3-6,11H2,1-2H3,(H,18,21). The molecule has 6 nitrogen and oxygen atoms in total. The van der Waals surface area contributed by atoms with Gasteiger partial charge in [-0.25, -0.2) is 9.78 Å². The first kappa shape index (κ1) is 15.6. The molecule has 1 fully saturated rings. The van der Waals surface area contributed by atoms with Crippen LogP contribution in [0, 0.1) is 0 Å². The Labute approximate surface area is 135 Å². The molecule has 1 unspecified atom stereocenters. The summed E-state index contributed by atoms with van der Waals surface area (Å²) in [6, 6.07) is 1.99. The van der Waals surface area contributed by atoms with Gasteiger partial charge in [0.1, 0.15) is 0 Å². The van der Waals surface area contributed by atoms with Crippen LogP contribution in [0.15, 0.2) is 29.5 Å². The van der Waals surface area contributed by atoms with Gasteiger partial charge in [-0.15, -0.1) is 0 Å². The van der Waals surface area contributed by atoms with Crippen molar-refractivity contribution in [2.45, 2.75) is 51.2 Å².